The van der Waals surface area contributed by atoms with Gasteiger partial charge in [0.25, 0.3) is 0 Å². The van der Waals surface area contributed by atoms with Crippen molar-refractivity contribution >= 4 is 35.1 Å². The zero-order valence-corrected chi connectivity index (χ0v) is 21.2. The van der Waals surface area contributed by atoms with E-state index < -0.39 is 0 Å². The van der Waals surface area contributed by atoms with Crippen LogP contribution in [0.5, 0.6) is 11.5 Å². The molecule has 0 aliphatic carbocycles. The number of methoxy groups -OCH3 is 1. The van der Waals surface area contributed by atoms with Crippen LogP contribution in [0.4, 0.5) is 5.69 Å². The Morgan fingerprint density at radius 3 is 2.58 bits per heavy atom. The van der Waals surface area contributed by atoms with Crippen LogP contribution in [0.25, 0.3) is 0 Å². The monoisotopic (exact) mass is 486 g/mol. The van der Waals surface area contributed by atoms with E-state index >= 15 is 0 Å². The van der Waals surface area contributed by atoms with Gasteiger partial charge in [-0.05, 0) is 49.4 Å². The van der Waals surface area contributed by atoms with Crippen molar-refractivity contribution in [3.05, 3.63) is 54.4 Å². The molecule has 0 aliphatic heterocycles. The summed E-state index contributed by atoms with van der Waals surface area (Å²) in [4.78, 5) is 13.6. The number of carbonyl (C=O) groups excluding carboxylic acids is 1. The Labute approximate surface area is 203 Å². The molecule has 0 bridgehead atoms. The van der Waals surface area contributed by atoms with Gasteiger partial charge in [-0.25, -0.2) is 0 Å². The number of hydrogen-bond donors (Lipinski definition) is 1. The molecule has 2 aromatic carbocycles. The van der Waals surface area contributed by atoms with E-state index in [2.05, 4.69) is 29.4 Å². The number of aromatic nitrogens is 3. The van der Waals surface area contributed by atoms with Crippen LogP contribution in [0.3, 0.4) is 0 Å². The fourth-order valence-corrected chi connectivity index (χ4v) is 4.42. The fourth-order valence-electron chi connectivity index (χ4n) is 3.20. The van der Waals surface area contributed by atoms with E-state index in [-0.39, 0.29) is 17.8 Å². The second-order valence-corrected chi connectivity index (χ2v) is 9.68. The number of benzene rings is 2. The zero-order valence-electron chi connectivity index (χ0n) is 19.6. The van der Waals surface area contributed by atoms with Gasteiger partial charge in [0.05, 0.1) is 12.9 Å². The predicted molar refractivity (Wildman–Crippen MR) is 134 cm³/mol. The molecule has 0 radical (unpaired) electrons. The first-order chi connectivity index (χ1) is 15.9. The van der Waals surface area contributed by atoms with Crippen LogP contribution in [0.2, 0.25) is 0 Å². The summed E-state index contributed by atoms with van der Waals surface area (Å²) in [5.41, 5.74) is 0.789. The van der Waals surface area contributed by atoms with E-state index in [0.29, 0.717) is 16.8 Å². The molecule has 1 aromatic heterocycles. The average Bonchev–Trinajstić information content (AvgIpc) is 3.19. The third-order valence-corrected chi connectivity index (χ3v) is 6.39. The lowest BCUT2D eigenvalue weighted by atomic mass is 10.2. The van der Waals surface area contributed by atoms with E-state index in [0.717, 1.165) is 28.7 Å². The topological polar surface area (TPSA) is 78.3 Å². The number of nitrogens with zero attached hydrogens (tertiary/aromatic N) is 3. The summed E-state index contributed by atoms with van der Waals surface area (Å²) in [5, 5.41) is 12.4. The Morgan fingerprint density at radius 2 is 1.85 bits per heavy atom. The second-order valence-electron chi connectivity index (χ2n) is 7.85. The van der Waals surface area contributed by atoms with Gasteiger partial charge in [0.15, 0.2) is 17.1 Å². The average molecular weight is 487 g/mol. The highest BCUT2D eigenvalue weighted by Crippen LogP contribution is 2.27. The molecule has 0 fully saturated rings. The van der Waals surface area contributed by atoms with E-state index in [1.54, 1.807) is 18.9 Å². The van der Waals surface area contributed by atoms with Crippen LogP contribution < -0.4 is 14.8 Å². The molecule has 3 rings (SSSR count). The molecule has 1 atom stereocenters. The van der Waals surface area contributed by atoms with Crippen LogP contribution in [0, 0.1) is 5.92 Å². The van der Waals surface area contributed by atoms with Gasteiger partial charge < -0.3 is 19.4 Å². The van der Waals surface area contributed by atoms with Crippen molar-refractivity contribution in [1.29, 1.82) is 0 Å². The van der Waals surface area contributed by atoms with Crippen molar-refractivity contribution in [2.45, 2.75) is 43.5 Å². The largest absolute Gasteiger partial charge is 0.497 e. The fraction of sp³-hybridized carbons (Fsp3) is 0.375. The third-order valence-electron chi connectivity index (χ3n) is 4.70. The number of rotatable bonds is 11. The Morgan fingerprint density at radius 1 is 1.09 bits per heavy atom. The van der Waals surface area contributed by atoms with Crippen LogP contribution in [0.1, 0.15) is 32.7 Å². The lowest BCUT2D eigenvalue weighted by Crippen LogP contribution is -2.17. The SMILES string of the molecule is COc1cccc(OC(C)c2nnc(SCC(=O)Nc3cccc(SC)c3)n2CC(C)C)c1. The van der Waals surface area contributed by atoms with E-state index in [9.17, 15) is 4.79 Å². The van der Waals surface area contributed by atoms with Crippen molar-refractivity contribution in [3.63, 3.8) is 0 Å². The number of hydrogen-bond acceptors (Lipinski definition) is 7. The van der Waals surface area contributed by atoms with Crippen LogP contribution >= 0.6 is 23.5 Å². The van der Waals surface area contributed by atoms with Crippen molar-refractivity contribution < 1.29 is 14.3 Å². The summed E-state index contributed by atoms with van der Waals surface area (Å²) >= 11 is 3.01. The van der Waals surface area contributed by atoms with Crippen LogP contribution in [0.15, 0.2) is 58.6 Å². The minimum absolute atomic E-state index is 0.0837. The normalized spacial score (nSPS) is 11.9. The number of nitrogens with one attached hydrogen (secondary N) is 1. The lowest BCUT2D eigenvalue weighted by Gasteiger charge is -2.18. The van der Waals surface area contributed by atoms with E-state index in [1.165, 1.54) is 11.8 Å². The third kappa shape index (κ3) is 7.17. The minimum atomic E-state index is -0.319. The summed E-state index contributed by atoms with van der Waals surface area (Å²) in [6, 6.07) is 15.3. The van der Waals surface area contributed by atoms with Crippen molar-refractivity contribution in [1.82, 2.24) is 14.8 Å². The Kier molecular flexibility index (Phi) is 9.08. The van der Waals surface area contributed by atoms with Crippen LogP contribution in [-0.2, 0) is 11.3 Å². The van der Waals surface area contributed by atoms with Crippen molar-refractivity contribution in [2.75, 3.05) is 24.4 Å². The summed E-state index contributed by atoms with van der Waals surface area (Å²) in [6.07, 6.45) is 1.69. The smallest absolute Gasteiger partial charge is 0.234 e. The molecule has 1 amide bonds. The van der Waals surface area contributed by atoms with Gasteiger partial charge in [0.2, 0.25) is 5.91 Å². The van der Waals surface area contributed by atoms with Gasteiger partial charge in [-0.1, -0.05) is 37.7 Å². The molecule has 1 heterocycles. The Bertz CT molecular complexity index is 1070. The van der Waals surface area contributed by atoms with Crippen LogP contribution in [-0.4, -0.2) is 39.8 Å². The molecule has 0 saturated heterocycles. The number of amides is 1. The molecular formula is C24H30N4O3S2. The summed E-state index contributed by atoms with van der Waals surface area (Å²) < 4.78 is 13.4. The van der Waals surface area contributed by atoms with Crippen molar-refractivity contribution in [3.8, 4) is 11.5 Å². The maximum atomic E-state index is 12.5. The summed E-state index contributed by atoms with van der Waals surface area (Å²) in [6.45, 7) is 6.95. The molecule has 0 spiro atoms. The second kappa shape index (κ2) is 12.0. The number of carbonyl (C=O) groups is 1. The standard InChI is InChI=1S/C24H30N4O3S2/c1-16(2)14-28-23(17(3)31-20-10-7-9-19(13-20)30-4)26-27-24(28)33-15-22(29)25-18-8-6-11-21(12-18)32-5/h6-13,16-17H,14-15H2,1-5H3,(H,25,29). The first-order valence-electron chi connectivity index (χ1n) is 10.7. The highest BCUT2D eigenvalue weighted by atomic mass is 32.2. The Balaban J connectivity index is 1.69. The molecule has 9 heteroatoms. The van der Waals surface area contributed by atoms with Gasteiger partial charge in [-0.15, -0.1) is 22.0 Å². The lowest BCUT2D eigenvalue weighted by molar-refractivity contribution is -0.113. The van der Waals surface area contributed by atoms with Gasteiger partial charge >= 0.3 is 0 Å². The molecule has 0 aliphatic rings. The highest BCUT2D eigenvalue weighted by Gasteiger charge is 2.21. The molecule has 3 aromatic rings. The molecule has 1 unspecified atom stereocenters. The first kappa shape index (κ1) is 25.0. The highest BCUT2D eigenvalue weighted by molar-refractivity contribution is 7.99. The number of thioether (sulfide) groups is 2. The van der Waals surface area contributed by atoms with Gasteiger partial charge in [0.1, 0.15) is 11.5 Å². The Hall–Kier alpha value is -2.65. The maximum Gasteiger partial charge on any atom is 0.234 e. The quantitative estimate of drug-likeness (QED) is 0.357. The number of anilines is 1. The molecule has 1 N–H and O–H groups in total. The maximum absolute atomic E-state index is 12.5. The first-order valence-corrected chi connectivity index (χ1v) is 12.9. The van der Waals surface area contributed by atoms with Gasteiger partial charge in [-0.3, -0.25) is 4.79 Å². The van der Waals surface area contributed by atoms with Gasteiger partial charge in [0, 0.05) is 23.2 Å². The molecule has 7 nitrogen and oxygen atoms in total. The predicted octanol–water partition coefficient (Wildman–Crippen LogP) is 5.54. The van der Waals surface area contributed by atoms with Crippen molar-refractivity contribution in [2.24, 2.45) is 5.92 Å². The minimum Gasteiger partial charge on any atom is -0.497 e. The summed E-state index contributed by atoms with van der Waals surface area (Å²) in [5.74, 6) is 2.69. The van der Waals surface area contributed by atoms with E-state index in [4.69, 9.17) is 9.47 Å². The summed E-state index contributed by atoms with van der Waals surface area (Å²) in [7, 11) is 1.63. The van der Waals surface area contributed by atoms with E-state index in [1.807, 2.05) is 66.3 Å². The van der Waals surface area contributed by atoms with Gasteiger partial charge in [-0.2, -0.15) is 0 Å². The molecular weight excluding hydrogens is 456 g/mol. The molecule has 33 heavy (non-hydrogen) atoms. The molecule has 176 valence electrons. The molecule has 0 saturated carbocycles. The number of ether oxygens (including phenoxy) is 2. The zero-order chi connectivity index (χ0) is 23.8.